The minimum Gasteiger partial charge on any atom is -0.481 e. The lowest BCUT2D eigenvalue weighted by Gasteiger charge is -2.41. The number of ether oxygens (including phenoxy) is 2. The zero-order valence-corrected chi connectivity index (χ0v) is 20.8. The average Bonchev–Trinajstić information content (AvgIpc) is 2.78. The zero-order valence-electron chi connectivity index (χ0n) is 20.8. The van der Waals surface area contributed by atoms with Gasteiger partial charge in [-0.2, -0.15) is 0 Å². The van der Waals surface area contributed by atoms with Gasteiger partial charge in [-0.15, -0.1) is 0 Å². The Kier molecular flexibility index (Phi) is 15.4. The van der Waals surface area contributed by atoms with Crippen LogP contribution in [0.15, 0.2) is 0 Å². The molecule has 0 aromatic rings. The van der Waals surface area contributed by atoms with E-state index in [0.29, 0.717) is 6.42 Å². The highest BCUT2D eigenvalue weighted by molar-refractivity contribution is 5.70. The minimum atomic E-state index is -1.54. The molecule has 196 valence electrons. The number of hydrogen-bond donors (Lipinski definition) is 5. The van der Waals surface area contributed by atoms with Crippen LogP contribution in [0.5, 0.6) is 0 Å². The van der Waals surface area contributed by atoms with Crippen molar-refractivity contribution in [1.82, 2.24) is 0 Å². The van der Waals surface area contributed by atoms with Crippen LogP contribution >= 0.6 is 0 Å². The molecule has 0 amide bonds. The van der Waals surface area contributed by atoms with Crippen molar-refractivity contribution in [3.05, 3.63) is 0 Å². The van der Waals surface area contributed by atoms with E-state index in [9.17, 15) is 30.3 Å². The first-order valence-corrected chi connectivity index (χ1v) is 12.9. The van der Waals surface area contributed by atoms with Crippen molar-refractivity contribution in [2.45, 2.75) is 135 Å². The SMILES string of the molecule is CC(C)CCCCCCCCCCCC[C@@H](O[C@@H]1O[C@H](CO)[C@@H](O)[C@H](O)[C@H]1O)[C@H](C)C(=O)O. The molecule has 1 rings (SSSR count). The van der Waals surface area contributed by atoms with E-state index in [1.165, 1.54) is 58.3 Å². The van der Waals surface area contributed by atoms with Gasteiger partial charge in [0.25, 0.3) is 0 Å². The second-order valence-electron chi connectivity index (χ2n) is 10.0. The van der Waals surface area contributed by atoms with Gasteiger partial charge in [0.2, 0.25) is 0 Å². The first-order valence-electron chi connectivity index (χ1n) is 12.9. The Hall–Kier alpha value is -0.770. The van der Waals surface area contributed by atoms with Gasteiger partial charge >= 0.3 is 5.97 Å². The topological polar surface area (TPSA) is 137 Å². The van der Waals surface area contributed by atoms with Crippen molar-refractivity contribution < 1.29 is 39.8 Å². The predicted molar refractivity (Wildman–Crippen MR) is 126 cm³/mol. The highest BCUT2D eigenvalue weighted by atomic mass is 16.7. The zero-order chi connectivity index (χ0) is 24.8. The molecular formula is C25H48O8. The molecule has 0 unspecified atom stereocenters. The molecule has 1 fully saturated rings. The predicted octanol–water partition coefficient (Wildman–Crippen LogP) is 3.23. The van der Waals surface area contributed by atoms with Crippen LogP contribution in [-0.2, 0) is 14.3 Å². The Bertz CT molecular complexity index is 513. The van der Waals surface area contributed by atoms with E-state index in [-0.39, 0.29) is 0 Å². The lowest BCUT2D eigenvalue weighted by Crippen LogP contribution is -2.60. The maximum absolute atomic E-state index is 11.5. The van der Waals surface area contributed by atoms with Gasteiger partial charge in [0.05, 0.1) is 18.6 Å². The maximum atomic E-state index is 11.5. The second-order valence-corrected chi connectivity index (χ2v) is 10.0. The van der Waals surface area contributed by atoms with Gasteiger partial charge in [0.1, 0.15) is 24.4 Å². The summed E-state index contributed by atoms with van der Waals surface area (Å²) in [5, 5.41) is 48.8. The largest absolute Gasteiger partial charge is 0.481 e. The molecule has 8 nitrogen and oxygen atoms in total. The number of aliphatic hydroxyl groups is 4. The molecule has 0 aliphatic carbocycles. The third-order valence-electron chi connectivity index (χ3n) is 6.62. The molecule has 0 bridgehead atoms. The van der Waals surface area contributed by atoms with Gasteiger partial charge < -0.3 is 35.0 Å². The van der Waals surface area contributed by atoms with E-state index in [0.717, 1.165) is 25.2 Å². The molecule has 1 saturated heterocycles. The number of unbranched alkanes of at least 4 members (excludes halogenated alkanes) is 9. The van der Waals surface area contributed by atoms with Crippen molar-refractivity contribution in [3.8, 4) is 0 Å². The van der Waals surface area contributed by atoms with Crippen LogP contribution in [0.4, 0.5) is 0 Å². The summed E-state index contributed by atoms with van der Waals surface area (Å²) in [5.41, 5.74) is 0. The van der Waals surface area contributed by atoms with Crippen molar-refractivity contribution in [2.24, 2.45) is 11.8 Å². The molecule has 5 N–H and O–H groups in total. The molecule has 8 heteroatoms. The van der Waals surface area contributed by atoms with Crippen LogP contribution < -0.4 is 0 Å². The molecule has 33 heavy (non-hydrogen) atoms. The summed E-state index contributed by atoms with van der Waals surface area (Å²) in [6.45, 7) is 5.53. The summed E-state index contributed by atoms with van der Waals surface area (Å²) >= 11 is 0. The summed E-state index contributed by atoms with van der Waals surface area (Å²) in [5.74, 6) is -1.04. The smallest absolute Gasteiger partial charge is 0.308 e. The first kappa shape index (κ1) is 30.3. The second kappa shape index (κ2) is 16.8. The van der Waals surface area contributed by atoms with Crippen LogP contribution in [0.2, 0.25) is 0 Å². The van der Waals surface area contributed by atoms with Crippen LogP contribution in [-0.4, -0.2) is 74.9 Å². The van der Waals surface area contributed by atoms with Gasteiger partial charge in [0.15, 0.2) is 6.29 Å². The number of carbonyl (C=O) groups is 1. The number of hydrogen-bond acceptors (Lipinski definition) is 7. The Morgan fingerprint density at radius 1 is 0.788 bits per heavy atom. The van der Waals surface area contributed by atoms with Gasteiger partial charge in [-0.05, 0) is 19.3 Å². The molecule has 1 aliphatic heterocycles. The summed E-state index contributed by atoms with van der Waals surface area (Å²) < 4.78 is 11.1. The highest BCUT2D eigenvalue weighted by Gasteiger charge is 2.45. The van der Waals surface area contributed by atoms with Gasteiger partial charge in [-0.3, -0.25) is 4.79 Å². The summed E-state index contributed by atoms with van der Waals surface area (Å²) in [7, 11) is 0. The lowest BCUT2D eigenvalue weighted by molar-refractivity contribution is -0.314. The average molecular weight is 477 g/mol. The maximum Gasteiger partial charge on any atom is 0.308 e. The molecule has 1 heterocycles. The van der Waals surface area contributed by atoms with E-state index >= 15 is 0 Å². The molecule has 0 aromatic carbocycles. The number of aliphatic hydroxyl groups excluding tert-OH is 4. The molecule has 0 radical (unpaired) electrons. The highest BCUT2D eigenvalue weighted by Crippen LogP contribution is 2.26. The molecule has 0 saturated carbocycles. The third-order valence-corrected chi connectivity index (χ3v) is 6.62. The fraction of sp³-hybridized carbons (Fsp3) is 0.960. The number of rotatable bonds is 18. The Morgan fingerprint density at radius 3 is 1.73 bits per heavy atom. The van der Waals surface area contributed by atoms with Crippen LogP contribution in [0.3, 0.4) is 0 Å². The van der Waals surface area contributed by atoms with Gasteiger partial charge in [-0.25, -0.2) is 0 Å². The Morgan fingerprint density at radius 2 is 1.27 bits per heavy atom. The van der Waals surface area contributed by atoms with Crippen molar-refractivity contribution in [2.75, 3.05) is 6.61 Å². The molecule has 0 aromatic heterocycles. The van der Waals surface area contributed by atoms with E-state index in [1.807, 2.05) is 0 Å². The van der Waals surface area contributed by atoms with E-state index in [1.54, 1.807) is 0 Å². The number of carboxylic acids is 1. The van der Waals surface area contributed by atoms with E-state index < -0.39 is 55.3 Å². The summed E-state index contributed by atoms with van der Waals surface area (Å²) in [6, 6.07) is 0. The molecule has 7 atom stereocenters. The fourth-order valence-electron chi connectivity index (χ4n) is 4.26. The Balaban J connectivity index is 2.31. The van der Waals surface area contributed by atoms with Gasteiger partial charge in [-0.1, -0.05) is 84.5 Å². The van der Waals surface area contributed by atoms with Gasteiger partial charge in [0, 0.05) is 0 Å². The number of aliphatic carboxylic acids is 1. The lowest BCUT2D eigenvalue weighted by atomic mass is 9.96. The van der Waals surface area contributed by atoms with Crippen molar-refractivity contribution >= 4 is 5.97 Å². The third kappa shape index (κ3) is 11.5. The monoisotopic (exact) mass is 476 g/mol. The number of carboxylic acid groups (broad SMARTS) is 1. The van der Waals surface area contributed by atoms with E-state index in [2.05, 4.69) is 13.8 Å². The standard InChI is InChI=1S/C25H48O8/c1-17(2)14-12-10-8-6-4-5-7-9-11-13-15-19(18(3)24(30)31)32-25-23(29)22(28)21(27)20(16-26)33-25/h17-23,25-29H,4-16H2,1-3H3,(H,30,31)/t18-,19+,20+,21+,22-,23+,25+/m0/s1. The molecule has 1 aliphatic rings. The summed E-state index contributed by atoms with van der Waals surface area (Å²) in [4.78, 5) is 11.5. The first-order chi connectivity index (χ1) is 15.7. The van der Waals surface area contributed by atoms with E-state index in [4.69, 9.17) is 9.47 Å². The minimum absolute atomic E-state index is 0.484. The Labute approximate surface area is 199 Å². The summed E-state index contributed by atoms with van der Waals surface area (Å²) in [6.07, 6.45) is 5.92. The van der Waals surface area contributed by atoms with Crippen molar-refractivity contribution in [3.63, 3.8) is 0 Å². The quantitative estimate of drug-likeness (QED) is 0.190. The van der Waals surface area contributed by atoms with Crippen LogP contribution in [0.25, 0.3) is 0 Å². The van der Waals surface area contributed by atoms with Crippen LogP contribution in [0.1, 0.15) is 97.8 Å². The molecule has 0 spiro atoms. The fourth-order valence-corrected chi connectivity index (χ4v) is 4.26. The van der Waals surface area contributed by atoms with Crippen molar-refractivity contribution in [1.29, 1.82) is 0 Å². The molecular weight excluding hydrogens is 428 g/mol. The van der Waals surface area contributed by atoms with Crippen LogP contribution in [0, 0.1) is 11.8 Å². The normalized spacial score (nSPS) is 27.6.